The van der Waals surface area contributed by atoms with E-state index >= 15 is 0 Å². The van der Waals surface area contributed by atoms with Crippen LogP contribution in [-0.4, -0.2) is 58.2 Å². The summed E-state index contributed by atoms with van der Waals surface area (Å²) in [4.78, 5) is 17.8. The fraction of sp³-hybridized carbons (Fsp3) is 0.360. The zero-order valence-electron chi connectivity index (χ0n) is 18.4. The Hall–Kier alpha value is -2.96. The topological polar surface area (TPSA) is 53.4 Å². The molecule has 0 aliphatic carbocycles. The van der Waals surface area contributed by atoms with Gasteiger partial charge in [-0.05, 0) is 42.8 Å². The number of amides is 1. The highest BCUT2D eigenvalue weighted by molar-refractivity contribution is 5.92. The van der Waals surface area contributed by atoms with Crippen molar-refractivity contribution < 1.29 is 4.79 Å². The molecule has 0 saturated carbocycles. The highest BCUT2D eigenvalue weighted by Crippen LogP contribution is 2.15. The van der Waals surface area contributed by atoms with Crippen molar-refractivity contribution in [1.29, 1.82) is 0 Å². The third-order valence-electron chi connectivity index (χ3n) is 5.98. The van der Waals surface area contributed by atoms with Crippen LogP contribution in [0.5, 0.6) is 0 Å². The SMILES string of the molecule is CCN1CCN(Cc2ccccc2CNC(=O)c2cc(C)n(-c3ccccc3)n2)CC1. The van der Waals surface area contributed by atoms with Gasteiger partial charge in [0.05, 0.1) is 5.69 Å². The molecule has 6 heteroatoms. The van der Waals surface area contributed by atoms with Crippen molar-refractivity contribution in [3.63, 3.8) is 0 Å². The second kappa shape index (κ2) is 9.90. The maximum atomic E-state index is 12.8. The molecule has 31 heavy (non-hydrogen) atoms. The van der Waals surface area contributed by atoms with Crippen LogP contribution in [0.3, 0.4) is 0 Å². The summed E-state index contributed by atoms with van der Waals surface area (Å²) in [5.41, 5.74) is 4.76. The number of carbonyl (C=O) groups excluding carboxylic acids is 1. The molecule has 1 fully saturated rings. The van der Waals surface area contributed by atoms with Gasteiger partial charge in [0.25, 0.3) is 5.91 Å². The van der Waals surface area contributed by atoms with Crippen molar-refractivity contribution in [3.05, 3.63) is 83.2 Å². The van der Waals surface area contributed by atoms with Gasteiger partial charge in [-0.3, -0.25) is 9.69 Å². The molecule has 3 aromatic rings. The van der Waals surface area contributed by atoms with E-state index in [1.54, 1.807) is 4.68 Å². The molecule has 1 aliphatic heterocycles. The number of aromatic nitrogens is 2. The Kier molecular flexibility index (Phi) is 6.79. The Morgan fingerprint density at radius 1 is 0.935 bits per heavy atom. The summed E-state index contributed by atoms with van der Waals surface area (Å²) in [7, 11) is 0. The number of carbonyl (C=O) groups is 1. The Labute approximate surface area is 184 Å². The van der Waals surface area contributed by atoms with E-state index in [1.165, 1.54) is 5.56 Å². The minimum atomic E-state index is -0.149. The number of aryl methyl sites for hydroxylation is 1. The first-order chi connectivity index (χ1) is 15.1. The summed E-state index contributed by atoms with van der Waals surface area (Å²) >= 11 is 0. The average Bonchev–Trinajstić information content (AvgIpc) is 3.21. The van der Waals surface area contributed by atoms with Crippen LogP contribution in [0.15, 0.2) is 60.7 Å². The number of nitrogens with zero attached hydrogens (tertiary/aromatic N) is 4. The standard InChI is InChI=1S/C25H31N5O/c1-3-28-13-15-29(16-14-28)19-22-10-8-7-9-21(22)18-26-25(31)24-17-20(2)30(27-24)23-11-5-4-6-12-23/h4-12,17H,3,13-16,18-19H2,1-2H3,(H,26,31). The van der Waals surface area contributed by atoms with Crippen molar-refractivity contribution in [2.24, 2.45) is 0 Å². The van der Waals surface area contributed by atoms with Gasteiger partial charge in [-0.25, -0.2) is 4.68 Å². The largest absolute Gasteiger partial charge is 0.347 e. The van der Waals surface area contributed by atoms with Crippen molar-refractivity contribution in [3.8, 4) is 5.69 Å². The maximum Gasteiger partial charge on any atom is 0.272 e. The van der Waals surface area contributed by atoms with Gasteiger partial charge in [0, 0.05) is 45.0 Å². The lowest BCUT2D eigenvalue weighted by atomic mass is 10.1. The molecule has 2 heterocycles. The highest BCUT2D eigenvalue weighted by atomic mass is 16.1. The third-order valence-corrected chi connectivity index (χ3v) is 5.98. The number of hydrogen-bond acceptors (Lipinski definition) is 4. The molecule has 0 unspecified atom stereocenters. The Morgan fingerprint density at radius 3 is 2.29 bits per heavy atom. The number of benzene rings is 2. The zero-order chi connectivity index (χ0) is 21.6. The van der Waals surface area contributed by atoms with Crippen LogP contribution < -0.4 is 5.32 Å². The molecule has 0 radical (unpaired) electrons. The van der Waals surface area contributed by atoms with Crippen LogP contribution >= 0.6 is 0 Å². The normalized spacial score (nSPS) is 15.2. The van der Waals surface area contributed by atoms with Crippen LogP contribution in [0.1, 0.15) is 34.2 Å². The number of piperazine rings is 1. The van der Waals surface area contributed by atoms with Crippen LogP contribution in [0.25, 0.3) is 5.69 Å². The molecule has 1 amide bonds. The number of nitrogens with one attached hydrogen (secondary N) is 1. The summed E-state index contributed by atoms with van der Waals surface area (Å²) in [5.74, 6) is -0.149. The molecule has 1 aliphatic rings. The third kappa shape index (κ3) is 5.21. The van der Waals surface area contributed by atoms with E-state index < -0.39 is 0 Å². The second-order valence-electron chi connectivity index (χ2n) is 8.08. The fourth-order valence-electron chi connectivity index (χ4n) is 4.07. The average molecular weight is 418 g/mol. The maximum absolute atomic E-state index is 12.8. The van der Waals surface area contributed by atoms with Crippen molar-refractivity contribution in [2.45, 2.75) is 26.9 Å². The predicted octanol–water partition coefficient (Wildman–Crippen LogP) is 3.25. The first-order valence-corrected chi connectivity index (χ1v) is 11.1. The smallest absolute Gasteiger partial charge is 0.272 e. The Morgan fingerprint density at radius 2 is 1.58 bits per heavy atom. The van der Waals surface area contributed by atoms with Crippen LogP contribution in [-0.2, 0) is 13.1 Å². The predicted molar refractivity (Wildman–Crippen MR) is 123 cm³/mol. The van der Waals surface area contributed by atoms with Crippen LogP contribution in [0.4, 0.5) is 0 Å². The molecule has 0 atom stereocenters. The molecule has 4 rings (SSSR count). The molecule has 162 valence electrons. The molecule has 0 bridgehead atoms. The van der Waals surface area contributed by atoms with E-state index in [0.29, 0.717) is 12.2 Å². The monoisotopic (exact) mass is 417 g/mol. The summed E-state index contributed by atoms with van der Waals surface area (Å²) < 4.78 is 1.80. The van der Waals surface area contributed by atoms with E-state index in [4.69, 9.17) is 0 Å². The summed E-state index contributed by atoms with van der Waals surface area (Å²) in [6.45, 7) is 11.2. The van der Waals surface area contributed by atoms with E-state index in [-0.39, 0.29) is 5.91 Å². The second-order valence-corrected chi connectivity index (χ2v) is 8.08. The summed E-state index contributed by atoms with van der Waals surface area (Å²) in [6, 6.07) is 20.1. The number of hydrogen-bond donors (Lipinski definition) is 1. The first-order valence-electron chi connectivity index (χ1n) is 11.1. The number of likely N-dealkylation sites (N-methyl/N-ethyl adjacent to an activating group) is 1. The quantitative estimate of drug-likeness (QED) is 0.641. The lowest BCUT2D eigenvalue weighted by molar-refractivity contribution is 0.0945. The molecular weight excluding hydrogens is 386 g/mol. The number of para-hydroxylation sites is 1. The summed E-state index contributed by atoms with van der Waals surface area (Å²) in [6.07, 6.45) is 0. The van der Waals surface area contributed by atoms with Crippen LogP contribution in [0.2, 0.25) is 0 Å². The Balaban J connectivity index is 1.39. The van der Waals surface area contributed by atoms with Crippen LogP contribution in [0, 0.1) is 6.92 Å². The fourth-order valence-corrected chi connectivity index (χ4v) is 4.07. The molecule has 1 aromatic heterocycles. The van der Waals surface area contributed by atoms with E-state index in [2.05, 4.69) is 45.3 Å². The van der Waals surface area contributed by atoms with E-state index in [9.17, 15) is 4.79 Å². The van der Waals surface area contributed by atoms with Crippen molar-refractivity contribution in [2.75, 3.05) is 32.7 Å². The molecule has 1 N–H and O–H groups in total. The lowest BCUT2D eigenvalue weighted by Gasteiger charge is -2.34. The molecule has 0 spiro atoms. The first kappa shape index (κ1) is 21.3. The van der Waals surface area contributed by atoms with E-state index in [1.807, 2.05) is 49.4 Å². The summed E-state index contributed by atoms with van der Waals surface area (Å²) in [5, 5.41) is 7.57. The van der Waals surface area contributed by atoms with Crippen molar-refractivity contribution in [1.82, 2.24) is 24.9 Å². The van der Waals surface area contributed by atoms with Gasteiger partial charge in [0.1, 0.15) is 0 Å². The van der Waals surface area contributed by atoms with Gasteiger partial charge < -0.3 is 10.2 Å². The van der Waals surface area contributed by atoms with Gasteiger partial charge in [-0.2, -0.15) is 5.10 Å². The minimum absolute atomic E-state index is 0.149. The Bertz CT molecular complexity index is 1010. The van der Waals surface area contributed by atoms with Gasteiger partial charge in [-0.1, -0.05) is 49.4 Å². The highest BCUT2D eigenvalue weighted by Gasteiger charge is 2.17. The van der Waals surface area contributed by atoms with Crippen molar-refractivity contribution >= 4 is 5.91 Å². The van der Waals surface area contributed by atoms with Gasteiger partial charge in [0.15, 0.2) is 5.69 Å². The zero-order valence-corrected chi connectivity index (χ0v) is 18.4. The van der Waals surface area contributed by atoms with Gasteiger partial charge in [0.2, 0.25) is 0 Å². The molecular formula is C25H31N5O. The number of rotatable bonds is 7. The van der Waals surface area contributed by atoms with E-state index in [0.717, 1.165) is 56.2 Å². The molecule has 1 saturated heterocycles. The minimum Gasteiger partial charge on any atom is -0.347 e. The van der Waals surface area contributed by atoms with Gasteiger partial charge in [-0.15, -0.1) is 0 Å². The molecule has 6 nitrogen and oxygen atoms in total. The van der Waals surface area contributed by atoms with Gasteiger partial charge >= 0.3 is 0 Å². The lowest BCUT2D eigenvalue weighted by Crippen LogP contribution is -2.45. The molecule has 2 aromatic carbocycles.